The number of carbonyl (C=O) groups excluding carboxylic acids is 1. The maximum Gasteiger partial charge on any atom is 0.294 e. The van der Waals surface area contributed by atoms with E-state index in [2.05, 4.69) is 15.5 Å². The Morgan fingerprint density at radius 2 is 1.76 bits per heavy atom. The second-order valence-corrected chi connectivity index (χ2v) is 10.4. The molecule has 38 heavy (non-hydrogen) atoms. The van der Waals surface area contributed by atoms with Gasteiger partial charge in [-0.1, -0.05) is 47.5 Å². The SMILES string of the molecule is CCOc1ccc(Cl)cc1NC(=O)c1cc2ccccc2c(N=Nc2cc(Cl)cc(S(=O)(=O)O)c2C)c1O. The zero-order chi connectivity index (χ0) is 27.6. The second kappa shape index (κ2) is 11.0. The van der Waals surface area contributed by atoms with E-state index in [4.69, 9.17) is 27.9 Å². The number of nitrogens with one attached hydrogen (secondary N) is 1. The maximum absolute atomic E-state index is 13.3. The van der Waals surface area contributed by atoms with E-state index in [1.165, 1.54) is 25.1 Å². The average molecular weight is 574 g/mol. The minimum Gasteiger partial charge on any atom is -0.505 e. The van der Waals surface area contributed by atoms with E-state index < -0.39 is 26.7 Å². The van der Waals surface area contributed by atoms with Gasteiger partial charge in [-0.15, -0.1) is 5.11 Å². The molecule has 9 nitrogen and oxygen atoms in total. The summed E-state index contributed by atoms with van der Waals surface area (Å²) in [6.45, 7) is 3.59. The molecule has 0 bridgehead atoms. The number of fused-ring (bicyclic) bond motifs is 1. The molecule has 4 aromatic carbocycles. The van der Waals surface area contributed by atoms with Gasteiger partial charge in [0.2, 0.25) is 0 Å². The van der Waals surface area contributed by atoms with Gasteiger partial charge in [-0.25, -0.2) is 0 Å². The summed E-state index contributed by atoms with van der Waals surface area (Å²) in [4.78, 5) is 12.8. The highest BCUT2D eigenvalue weighted by Crippen LogP contribution is 2.41. The molecule has 0 fully saturated rings. The van der Waals surface area contributed by atoms with Crippen LogP contribution in [0.2, 0.25) is 10.0 Å². The topological polar surface area (TPSA) is 138 Å². The number of phenols is 1. The molecule has 3 N–H and O–H groups in total. The number of aromatic hydroxyl groups is 1. The number of amides is 1. The van der Waals surface area contributed by atoms with Crippen molar-refractivity contribution >= 4 is 67.1 Å². The van der Waals surface area contributed by atoms with Crippen molar-refractivity contribution in [1.29, 1.82) is 0 Å². The van der Waals surface area contributed by atoms with Crippen molar-refractivity contribution in [2.75, 3.05) is 11.9 Å². The van der Waals surface area contributed by atoms with Crippen LogP contribution in [0.1, 0.15) is 22.8 Å². The van der Waals surface area contributed by atoms with Gasteiger partial charge in [0.15, 0.2) is 5.75 Å². The number of halogens is 2. The molecule has 0 unspecified atom stereocenters. The smallest absolute Gasteiger partial charge is 0.294 e. The summed E-state index contributed by atoms with van der Waals surface area (Å²) in [5, 5.41) is 23.5. The summed E-state index contributed by atoms with van der Waals surface area (Å²) in [5.74, 6) is -0.711. The van der Waals surface area contributed by atoms with E-state index >= 15 is 0 Å². The molecule has 0 aliphatic rings. The quantitative estimate of drug-likeness (QED) is 0.155. The molecule has 0 heterocycles. The number of ether oxygens (including phenoxy) is 1. The van der Waals surface area contributed by atoms with Crippen molar-refractivity contribution in [2.45, 2.75) is 18.7 Å². The molecule has 4 aromatic rings. The molecule has 0 atom stereocenters. The zero-order valence-corrected chi connectivity index (χ0v) is 22.4. The minimum atomic E-state index is -4.57. The van der Waals surface area contributed by atoms with Gasteiger partial charge in [0.1, 0.15) is 16.3 Å². The van der Waals surface area contributed by atoms with Crippen molar-refractivity contribution in [1.82, 2.24) is 0 Å². The highest BCUT2D eigenvalue weighted by molar-refractivity contribution is 7.85. The van der Waals surface area contributed by atoms with Crippen LogP contribution in [0.4, 0.5) is 17.1 Å². The van der Waals surface area contributed by atoms with Crippen LogP contribution in [0.3, 0.4) is 0 Å². The van der Waals surface area contributed by atoms with E-state index in [1.807, 2.05) is 0 Å². The number of phenolic OH excluding ortho intramolecular Hbond substituents is 1. The molecule has 4 rings (SSSR count). The lowest BCUT2D eigenvalue weighted by molar-refractivity contribution is 0.102. The predicted octanol–water partition coefficient (Wildman–Crippen LogP) is 7.47. The van der Waals surface area contributed by atoms with Crippen LogP contribution < -0.4 is 10.1 Å². The monoisotopic (exact) mass is 573 g/mol. The Balaban J connectivity index is 1.82. The van der Waals surface area contributed by atoms with Crippen LogP contribution in [0.25, 0.3) is 10.8 Å². The van der Waals surface area contributed by atoms with Crippen LogP contribution in [0, 0.1) is 6.92 Å². The first-order chi connectivity index (χ1) is 18.0. The molecule has 12 heteroatoms. The molecule has 0 aliphatic heterocycles. The number of carbonyl (C=O) groups is 1. The molecule has 0 radical (unpaired) electrons. The number of nitrogens with zero attached hydrogens (tertiary/aromatic N) is 2. The minimum absolute atomic E-state index is 0.00556. The van der Waals surface area contributed by atoms with Crippen LogP contribution in [-0.2, 0) is 10.1 Å². The Hall–Kier alpha value is -3.70. The number of benzene rings is 4. The third-order valence-corrected chi connectivity index (χ3v) is 7.00. The van der Waals surface area contributed by atoms with Crippen LogP contribution in [0.5, 0.6) is 11.5 Å². The van der Waals surface area contributed by atoms with Crippen molar-refractivity contribution in [3.63, 3.8) is 0 Å². The summed E-state index contributed by atoms with van der Waals surface area (Å²) < 4.78 is 38.6. The molecule has 1 amide bonds. The van der Waals surface area contributed by atoms with Crippen molar-refractivity contribution in [2.24, 2.45) is 10.2 Å². The average Bonchev–Trinajstić information content (AvgIpc) is 2.85. The lowest BCUT2D eigenvalue weighted by Crippen LogP contribution is -2.13. The fraction of sp³-hybridized carbons (Fsp3) is 0.115. The van der Waals surface area contributed by atoms with Gasteiger partial charge in [-0.2, -0.15) is 13.5 Å². The molecule has 0 aliphatic carbocycles. The zero-order valence-electron chi connectivity index (χ0n) is 20.1. The predicted molar refractivity (Wildman–Crippen MR) is 146 cm³/mol. The first-order valence-corrected chi connectivity index (χ1v) is 13.4. The van der Waals surface area contributed by atoms with Gasteiger partial charge in [0, 0.05) is 15.4 Å². The van der Waals surface area contributed by atoms with Crippen molar-refractivity contribution in [3.8, 4) is 11.5 Å². The summed E-state index contributed by atoms with van der Waals surface area (Å²) in [6, 6.07) is 15.6. The molecular weight excluding hydrogens is 553 g/mol. The lowest BCUT2D eigenvalue weighted by Gasteiger charge is -2.14. The largest absolute Gasteiger partial charge is 0.505 e. The Kier molecular flexibility index (Phi) is 7.89. The molecule has 196 valence electrons. The first kappa shape index (κ1) is 27.3. The van der Waals surface area contributed by atoms with Gasteiger partial charge in [-0.05, 0) is 61.2 Å². The van der Waals surface area contributed by atoms with Crippen LogP contribution in [0.15, 0.2) is 75.8 Å². The van der Waals surface area contributed by atoms with E-state index in [1.54, 1.807) is 43.3 Å². The third-order valence-electron chi connectivity index (χ3n) is 5.56. The summed E-state index contributed by atoms with van der Waals surface area (Å²) in [6.07, 6.45) is 0. The summed E-state index contributed by atoms with van der Waals surface area (Å²) in [5.41, 5.74) is 0.331. The van der Waals surface area contributed by atoms with Gasteiger partial charge >= 0.3 is 0 Å². The highest BCUT2D eigenvalue weighted by Gasteiger charge is 2.21. The van der Waals surface area contributed by atoms with E-state index in [9.17, 15) is 22.9 Å². The fourth-order valence-corrected chi connectivity index (χ4v) is 5.00. The van der Waals surface area contributed by atoms with Crippen molar-refractivity contribution < 1.29 is 27.6 Å². The third kappa shape index (κ3) is 5.73. The molecule has 0 aromatic heterocycles. The molecule has 0 saturated heterocycles. The van der Waals surface area contributed by atoms with Gasteiger partial charge in [0.25, 0.3) is 16.0 Å². The standard InChI is InChI=1S/C26H21Cl2N3O6S/c1-3-37-22-9-8-16(27)11-21(22)29-26(33)19-10-15-6-4-5-7-18(15)24(25(19)32)31-30-20-12-17(28)13-23(14(20)2)38(34,35)36/h4-13,32H,3H2,1-2H3,(H,29,33)(H,34,35,36). The fourth-order valence-electron chi connectivity index (χ4n) is 3.78. The maximum atomic E-state index is 13.3. The van der Waals surface area contributed by atoms with E-state index in [-0.39, 0.29) is 27.5 Å². The molecule has 0 spiro atoms. The Morgan fingerprint density at radius 1 is 1.03 bits per heavy atom. The summed E-state index contributed by atoms with van der Waals surface area (Å²) >= 11 is 12.1. The Morgan fingerprint density at radius 3 is 2.47 bits per heavy atom. The van der Waals surface area contributed by atoms with Gasteiger partial charge in [0.05, 0.1) is 23.5 Å². The Labute approximate surface area is 228 Å². The second-order valence-electron chi connectivity index (χ2n) is 8.09. The lowest BCUT2D eigenvalue weighted by atomic mass is 10.0. The highest BCUT2D eigenvalue weighted by atomic mass is 35.5. The first-order valence-electron chi connectivity index (χ1n) is 11.2. The number of hydrogen-bond donors (Lipinski definition) is 3. The van der Waals surface area contributed by atoms with Crippen molar-refractivity contribution in [3.05, 3.63) is 81.8 Å². The summed E-state index contributed by atoms with van der Waals surface area (Å²) in [7, 11) is -4.57. The van der Waals surface area contributed by atoms with E-state index in [0.29, 0.717) is 33.8 Å². The molecule has 0 saturated carbocycles. The van der Waals surface area contributed by atoms with Gasteiger partial charge in [-0.3, -0.25) is 9.35 Å². The van der Waals surface area contributed by atoms with Gasteiger partial charge < -0.3 is 15.2 Å². The number of rotatable bonds is 7. The number of azo groups is 1. The number of hydrogen-bond acceptors (Lipinski definition) is 7. The number of anilines is 1. The molecular formula is C26H21Cl2N3O6S. The van der Waals surface area contributed by atoms with Crippen LogP contribution in [-0.4, -0.2) is 30.6 Å². The van der Waals surface area contributed by atoms with Crippen LogP contribution >= 0.6 is 23.2 Å². The normalized spacial score (nSPS) is 11.7. The Bertz CT molecular complexity index is 1710. The van der Waals surface area contributed by atoms with E-state index in [0.717, 1.165) is 6.07 Å².